The number of amides is 1. The van der Waals surface area contributed by atoms with Gasteiger partial charge in [-0.25, -0.2) is 4.79 Å². The fourth-order valence-corrected chi connectivity index (χ4v) is 2.57. The SMILES string of the molecule is Cc1cccc(C(C)C)c1NC(=O)/C(C#N)=C\Nc1cccc(C(=O)O)c1. The summed E-state index contributed by atoms with van der Waals surface area (Å²) in [5.74, 6) is -1.37. The van der Waals surface area contributed by atoms with Gasteiger partial charge in [0.05, 0.1) is 5.56 Å². The van der Waals surface area contributed by atoms with E-state index in [9.17, 15) is 14.9 Å². The first-order valence-corrected chi connectivity index (χ1v) is 8.44. The van der Waals surface area contributed by atoms with Crippen LogP contribution in [0, 0.1) is 18.3 Å². The Morgan fingerprint density at radius 3 is 2.52 bits per heavy atom. The molecule has 0 bridgehead atoms. The van der Waals surface area contributed by atoms with Crippen LogP contribution < -0.4 is 10.6 Å². The van der Waals surface area contributed by atoms with Crippen LogP contribution in [0.15, 0.2) is 54.2 Å². The first-order chi connectivity index (χ1) is 12.8. The smallest absolute Gasteiger partial charge is 0.335 e. The second-order valence-corrected chi connectivity index (χ2v) is 6.35. The number of hydrogen-bond donors (Lipinski definition) is 3. The Morgan fingerprint density at radius 2 is 1.89 bits per heavy atom. The van der Waals surface area contributed by atoms with Crippen LogP contribution in [0.25, 0.3) is 0 Å². The summed E-state index contributed by atoms with van der Waals surface area (Å²) in [6, 6.07) is 13.7. The zero-order chi connectivity index (χ0) is 20.0. The number of anilines is 2. The lowest BCUT2D eigenvalue weighted by molar-refractivity contribution is -0.112. The predicted octanol–water partition coefficient (Wildman–Crippen LogP) is 4.27. The summed E-state index contributed by atoms with van der Waals surface area (Å²) < 4.78 is 0. The van der Waals surface area contributed by atoms with Gasteiger partial charge in [0.1, 0.15) is 11.6 Å². The minimum atomic E-state index is -1.05. The first-order valence-electron chi connectivity index (χ1n) is 8.44. The van der Waals surface area contributed by atoms with Crippen molar-refractivity contribution in [3.8, 4) is 6.07 Å². The number of nitrogens with one attached hydrogen (secondary N) is 2. The zero-order valence-corrected chi connectivity index (χ0v) is 15.4. The second kappa shape index (κ2) is 8.68. The van der Waals surface area contributed by atoms with Gasteiger partial charge in [0, 0.05) is 17.6 Å². The number of benzene rings is 2. The molecule has 0 aliphatic heterocycles. The van der Waals surface area contributed by atoms with Crippen molar-refractivity contribution in [1.29, 1.82) is 5.26 Å². The average molecular weight is 363 g/mol. The fraction of sp³-hybridized carbons (Fsp3) is 0.190. The predicted molar refractivity (Wildman–Crippen MR) is 105 cm³/mol. The topological polar surface area (TPSA) is 102 Å². The van der Waals surface area contributed by atoms with Crippen molar-refractivity contribution in [2.45, 2.75) is 26.7 Å². The van der Waals surface area contributed by atoms with Gasteiger partial charge in [0.2, 0.25) is 0 Å². The molecule has 0 aliphatic rings. The van der Waals surface area contributed by atoms with Crippen molar-refractivity contribution in [2.75, 3.05) is 10.6 Å². The molecule has 2 rings (SSSR count). The molecule has 6 nitrogen and oxygen atoms in total. The molecule has 0 aliphatic carbocycles. The van der Waals surface area contributed by atoms with Crippen molar-refractivity contribution in [3.05, 3.63) is 70.9 Å². The summed E-state index contributed by atoms with van der Waals surface area (Å²) >= 11 is 0. The van der Waals surface area contributed by atoms with E-state index in [1.54, 1.807) is 12.1 Å². The normalized spacial score (nSPS) is 11.0. The lowest BCUT2D eigenvalue weighted by Crippen LogP contribution is -2.17. The van der Waals surface area contributed by atoms with E-state index in [4.69, 9.17) is 5.11 Å². The molecule has 0 saturated carbocycles. The molecular weight excluding hydrogens is 342 g/mol. The largest absolute Gasteiger partial charge is 0.478 e. The highest BCUT2D eigenvalue weighted by atomic mass is 16.4. The number of carboxylic acid groups (broad SMARTS) is 1. The number of carbonyl (C=O) groups is 2. The third kappa shape index (κ3) is 4.95. The summed E-state index contributed by atoms with van der Waals surface area (Å²) in [5.41, 5.74) is 3.06. The Balaban J connectivity index is 2.22. The molecule has 0 aromatic heterocycles. The maximum Gasteiger partial charge on any atom is 0.335 e. The Hall–Kier alpha value is -3.59. The lowest BCUT2D eigenvalue weighted by Gasteiger charge is -2.16. The van der Waals surface area contributed by atoms with Crippen LogP contribution >= 0.6 is 0 Å². The number of aromatic carboxylic acids is 1. The molecule has 0 radical (unpaired) electrons. The summed E-state index contributed by atoms with van der Waals surface area (Å²) in [6.07, 6.45) is 1.27. The molecule has 0 unspecified atom stereocenters. The maximum absolute atomic E-state index is 12.5. The van der Waals surface area contributed by atoms with Crippen LogP contribution in [0.2, 0.25) is 0 Å². The molecule has 0 atom stereocenters. The van der Waals surface area contributed by atoms with E-state index >= 15 is 0 Å². The second-order valence-electron chi connectivity index (χ2n) is 6.35. The molecule has 1 amide bonds. The third-order valence-electron chi connectivity index (χ3n) is 4.02. The van der Waals surface area contributed by atoms with Crippen molar-refractivity contribution in [2.24, 2.45) is 0 Å². The molecule has 3 N–H and O–H groups in total. The van der Waals surface area contributed by atoms with Crippen LogP contribution in [0.3, 0.4) is 0 Å². The molecule has 27 heavy (non-hydrogen) atoms. The van der Waals surface area contributed by atoms with Crippen LogP contribution in [0.5, 0.6) is 0 Å². The Bertz CT molecular complexity index is 940. The number of carbonyl (C=O) groups excluding carboxylic acids is 1. The Kier molecular flexibility index (Phi) is 6.34. The standard InChI is InChI=1S/C21H21N3O3/c1-13(2)18-9-4-6-14(3)19(18)24-20(25)16(11-22)12-23-17-8-5-7-15(10-17)21(26)27/h4-10,12-13,23H,1-3H3,(H,24,25)(H,26,27)/b16-12-. The molecule has 0 fully saturated rings. The maximum atomic E-state index is 12.5. The van der Waals surface area contributed by atoms with E-state index < -0.39 is 11.9 Å². The number of nitrogens with zero attached hydrogens (tertiary/aromatic N) is 1. The van der Waals surface area contributed by atoms with Crippen molar-refractivity contribution < 1.29 is 14.7 Å². The molecule has 0 spiro atoms. The highest BCUT2D eigenvalue weighted by Crippen LogP contribution is 2.27. The van der Waals surface area contributed by atoms with Crippen molar-refractivity contribution >= 4 is 23.3 Å². The quantitative estimate of drug-likeness (QED) is 0.525. The number of hydrogen-bond acceptors (Lipinski definition) is 4. The minimum Gasteiger partial charge on any atom is -0.478 e. The van der Waals surface area contributed by atoms with E-state index in [2.05, 4.69) is 10.6 Å². The highest BCUT2D eigenvalue weighted by molar-refractivity contribution is 6.07. The number of rotatable bonds is 6. The van der Waals surface area contributed by atoms with Gasteiger partial charge in [-0.3, -0.25) is 4.79 Å². The molecule has 2 aromatic carbocycles. The van der Waals surface area contributed by atoms with Gasteiger partial charge >= 0.3 is 5.97 Å². The average Bonchev–Trinajstić information content (AvgIpc) is 2.63. The van der Waals surface area contributed by atoms with Gasteiger partial charge in [-0.15, -0.1) is 0 Å². The van der Waals surface area contributed by atoms with Gasteiger partial charge < -0.3 is 15.7 Å². The van der Waals surface area contributed by atoms with Crippen molar-refractivity contribution in [3.63, 3.8) is 0 Å². The Labute approximate surface area is 158 Å². The van der Waals surface area contributed by atoms with Gasteiger partial charge in [-0.2, -0.15) is 5.26 Å². The molecular formula is C21H21N3O3. The summed E-state index contributed by atoms with van der Waals surface area (Å²) in [5, 5.41) is 24.0. The Morgan fingerprint density at radius 1 is 1.19 bits per heavy atom. The summed E-state index contributed by atoms with van der Waals surface area (Å²) in [6.45, 7) is 5.96. The third-order valence-corrected chi connectivity index (χ3v) is 4.02. The molecule has 0 heterocycles. The lowest BCUT2D eigenvalue weighted by atomic mass is 9.98. The number of nitriles is 1. The van der Waals surface area contributed by atoms with Gasteiger partial charge in [-0.05, 0) is 42.2 Å². The van der Waals surface area contributed by atoms with Gasteiger partial charge in [0.25, 0.3) is 5.91 Å². The molecule has 2 aromatic rings. The zero-order valence-electron chi connectivity index (χ0n) is 15.4. The van der Waals surface area contributed by atoms with Crippen LogP contribution in [-0.4, -0.2) is 17.0 Å². The van der Waals surface area contributed by atoms with E-state index in [0.717, 1.165) is 11.1 Å². The number of para-hydroxylation sites is 1. The number of carboxylic acids is 1. The number of aryl methyl sites for hydroxylation is 1. The molecule has 6 heteroatoms. The molecule has 0 saturated heterocycles. The summed E-state index contributed by atoms with van der Waals surface area (Å²) in [4.78, 5) is 23.5. The molecule has 138 valence electrons. The summed E-state index contributed by atoms with van der Waals surface area (Å²) in [7, 11) is 0. The van der Waals surface area contributed by atoms with E-state index in [-0.39, 0.29) is 17.1 Å². The van der Waals surface area contributed by atoms with Crippen LogP contribution in [-0.2, 0) is 4.79 Å². The fourth-order valence-electron chi connectivity index (χ4n) is 2.57. The monoisotopic (exact) mass is 363 g/mol. The van der Waals surface area contributed by atoms with Crippen molar-refractivity contribution in [1.82, 2.24) is 0 Å². The van der Waals surface area contributed by atoms with Crippen LogP contribution in [0.4, 0.5) is 11.4 Å². The van der Waals surface area contributed by atoms with E-state index in [1.807, 2.05) is 45.0 Å². The minimum absolute atomic E-state index is 0.109. The van der Waals surface area contributed by atoms with Gasteiger partial charge in [-0.1, -0.05) is 38.1 Å². The van der Waals surface area contributed by atoms with E-state index in [0.29, 0.717) is 11.4 Å². The highest BCUT2D eigenvalue weighted by Gasteiger charge is 2.15. The van der Waals surface area contributed by atoms with Gasteiger partial charge in [0.15, 0.2) is 0 Å². The first kappa shape index (κ1) is 19.7. The van der Waals surface area contributed by atoms with E-state index in [1.165, 1.54) is 18.3 Å². The van der Waals surface area contributed by atoms with Crippen LogP contribution in [0.1, 0.15) is 41.3 Å².